The zero-order chi connectivity index (χ0) is 20.8. The summed E-state index contributed by atoms with van der Waals surface area (Å²) in [5.41, 5.74) is 7.23. The van der Waals surface area contributed by atoms with Crippen molar-refractivity contribution in [2.24, 2.45) is 0 Å². The largest absolute Gasteiger partial charge is 0.378 e. The van der Waals surface area contributed by atoms with Gasteiger partial charge in [0, 0.05) is 41.9 Å². The molecule has 1 fully saturated rings. The molecule has 8 heteroatoms. The van der Waals surface area contributed by atoms with Crippen molar-refractivity contribution in [2.45, 2.75) is 5.75 Å². The summed E-state index contributed by atoms with van der Waals surface area (Å²) in [6.07, 6.45) is 1.84. The average molecular weight is 434 g/mol. The van der Waals surface area contributed by atoms with Gasteiger partial charge in [-0.3, -0.25) is 0 Å². The molecule has 0 spiro atoms. The molecule has 0 unspecified atom stereocenters. The number of nitrogens with one attached hydrogen (secondary N) is 1. The van der Waals surface area contributed by atoms with Crippen LogP contribution in [0.2, 0.25) is 0 Å². The quantitative estimate of drug-likeness (QED) is 0.476. The van der Waals surface area contributed by atoms with Gasteiger partial charge in [0.2, 0.25) is 5.95 Å². The maximum absolute atomic E-state index is 13.6. The van der Waals surface area contributed by atoms with Crippen LogP contribution in [0.3, 0.4) is 0 Å². The highest BCUT2D eigenvalue weighted by Crippen LogP contribution is 2.40. The van der Waals surface area contributed by atoms with Crippen LogP contribution in [0.15, 0.2) is 54.7 Å². The number of benzene rings is 2. The molecular weight excluding hydrogens is 413 g/mol. The summed E-state index contributed by atoms with van der Waals surface area (Å²) in [6, 6.07) is 15.0. The summed E-state index contributed by atoms with van der Waals surface area (Å²) in [4.78, 5) is 6.84. The molecule has 1 saturated heterocycles. The number of nitrogens with zero attached hydrogens (tertiary/aromatic N) is 4. The van der Waals surface area contributed by atoms with Crippen molar-refractivity contribution in [3.8, 4) is 22.4 Å². The van der Waals surface area contributed by atoms with Crippen molar-refractivity contribution < 1.29 is 9.13 Å². The third-order valence-electron chi connectivity index (χ3n) is 5.75. The van der Waals surface area contributed by atoms with Gasteiger partial charge in [0.1, 0.15) is 11.5 Å². The van der Waals surface area contributed by atoms with Crippen LogP contribution in [0.4, 0.5) is 16.0 Å². The van der Waals surface area contributed by atoms with Gasteiger partial charge in [-0.15, -0.1) is 0 Å². The van der Waals surface area contributed by atoms with E-state index in [1.807, 2.05) is 16.8 Å². The lowest BCUT2D eigenvalue weighted by Gasteiger charge is -2.27. The van der Waals surface area contributed by atoms with E-state index in [2.05, 4.69) is 32.8 Å². The molecule has 2 aliphatic heterocycles. The van der Waals surface area contributed by atoms with Crippen molar-refractivity contribution in [3.05, 3.63) is 66.1 Å². The molecule has 0 amide bonds. The number of anilines is 2. The molecular formula is C23H20FN5OS. The third-order valence-corrected chi connectivity index (χ3v) is 6.57. The second-order valence-corrected chi connectivity index (χ2v) is 8.42. The highest BCUT2D eigenvalue weighted by molar-refractivity contribution is 8.00. The Balaban J connectivity index is 1.59. The van der Waals surface area contributed by atoms with Crippen LogP contribution in [-0.4, -0.2) is 40.9 Å². The molecule has 0 saturated carbocycles. The van der Waals surface area contributed by atoms with E-state index in [9.17, 15) is 4.39 Å². The number of aromatic nitrogens is 3. The minimum atomic E-state index is -0.259. The summed E-state index contributed by atoms with van der Waals surface area (Å²) >= 11 is 1.69. The van der Waals surface area contributed by atoms with Crippen molar-refractivity contribution in [3.63, 3.8) is 0 Å². The van der Waals surface area contributed by atoms with E-state index in [-0.39, 0.29) is 5.82 Å². The van der Waals surface area contributed by atoms with Gasteiger partial charge in [-0.05, 0) is 65.5 Å². The van der Waals surface area contributed by atoms with Crippen molar-refractivity contribution in [1.82, 2.24) is 14.6 Å². The van der Waals surface area contributed by atoms with Gasteiger partial charge in [-0.1, -0.05) is 6.07 Å². The van der Waals surface area contributed by atoms with Crippen LogP contribution < -0.4 is 9.62 Å². The Kier molecular flexibility index (Phi) is 4.54. The van der Waals surface area contributed by atoms with Gasteiger partial charge in [-0.25, -0.2) is 9.37 Å². The lowest BCUT2D eigenvalue weighted by atomic mass is 9.98. The highest BCUT2D eigenvalue weighted by atomic mass is 32.2. The van der Waals surface area contributed by atoms with Gasteiger partial charge < -0.3 is 14.4 Å². The van der Waals surface area contributed by atoms with E-state index in [1.54, 1.807) is 24.1 Å². The molecule has 2 aromatic carbocycles. The Labute approximate surface area is 183 Å². The predicted molar refractivity (Wildman–Crippen MR) is 122 cm³/mol. The molecule has 0 aliphatic carbocycles. The second kappa shape index (κ2) is 7.55. The van der Waals surface area contributed by atoms with Gasteiger partial charge in [0.15, 0.2) is 0 Å². The Morgan fingerprint density at radius 1 is 1.00 bits per heavy atom. The highest BCUT2D eigenvalue weighted by Gasteiger charge is 2.23. The number of fused-ring (bicyclic) bond motifs is 2. The van der Waals surface area contributed by atoms with E-state index in [4.69, 9.17) is 9.84 Å². The maximum Gasteiger partial charge on any atom is 0.227 e. The number of hydrogen-bond acceptors (Lipinski definition) is 6. The first-order valence-electron chi connectivity index (χ1n) is 10.3. The van der Waals surface area contributed by atoms with Gasteiger partial charge in [0.25, 0.3) is 0 Å². The molecule has 2 aromatic heterocycles. The molecule has 6 rings (SSSR count). The summed E-state index contributed by atoms with van der Waals surface area (Å²) in [5, 5.41) is 4.99. The normalized spacial score (nSPS) is 15.8. The van der Waals surface area contributed by atoms with Crippen LogP contribution in [0.1, 0.15) is 5.56 Å². The number of rotatable bonds is 3. The summed E-state index contributed by atoms with van der Waals surface area (Å²) in [6.45, 7) is 2.89. The fraction of sp³-hybridized carbons (Fsp3) is 0.217. The minimum Gasteiger partial charge on any atom is -0.378 e. The molecule has 4 heterocycles. The zero-order valence-electron chi connectivity index (χ0n) is 16.7. The SMILES string of the molecule is Fc1ccc(-c2nn3c(N4CCOCC4)nccc3c2-c2ccc3c(c2)CSN3)cc1. The Morgan fingerprint density at radius 2 is 1.81 bits per heavy atom. The van der Waals surface area contributed by atoms with Crippen LogP contribution in [-0.2, 0) is 10.5 Å². The van der Waals surface area contributed by atoms with Crippen LogP contribution in [0.25, 0.3) is 27.9 Å². The summed E-state index contributed by atoms with van der Waals surface area (Å²) in [5.74, 6) is 1.47. The van der Waals surface area contributed by atoms with Crippen molar-refractivity contribution in [1.29, 1.82) is 0 Å². The van der Waals surface area contributed by atoms with E-state index >= 15 is 0 Å². The smallest absolute Gasteiger partial charge is 0.227 e. The second-order valence-electron chi connectivity index (χ2n) is 7.63. The Bertz CT molecular complexity index is 1270. The van der Waals surface area contributed by atoms with E-state index < -0.39 is 0 Å². The van der Waals surface area contributed by atoms with Crippen molar-refractivity contribution >= 4 is 29.1 Å². The summed E-state index contributed by atoms with van der Waals surface area (Å²) < 4.78 is 24.4. The molecule has 1 N–H and O–H groups in total. The third kappa shape index (κ3) is 3.23. The van der Waals surface area contributed by atoms with E-state index in [0.29, 0.717) is 13.2 Å². The standard InChI is InChI=1S/C23H20FN5OS/c24-18-4-1-15(2-5-18)22-21(16-3-6-19-17(13-16)14-31-27-19)20-7-8-25-23(29(20)26-22)28-9-11-30-12-10-28/h1-8,13,27H,9-12,14H2. The van der Waals surface area contributed by atoms with E-state index in [0.717, 1.165) is 58.4 Å². The van der Waals surface area contributed by atoms with E-state index in [1.165, 1.54) is 17.7 Å². The zero-order valence-corrected chi connectivity index (χ0v) is 17.5. The first-order valence-corrected chi connectivity index (χ1v) is 11.2. The molecule has 0 radical (unpaired) electrons. The average Bonchev–Trinajstić information content (AvgIpc) is 3.44. The van der Waals surface area contributed by atoms with Crippen molar-refractivity contribution in [2.75, 3.05) is 35.9 Å². The fourth-order valence-corrected chi connectivity index (χ4v) is 5.02. The molecule has 2 aliphatic rings. The minimum absolute atomic E-state index is 0.259. The van der Waals surface area contributed by atoms with Crippen LogP contribution in [0.5, 0.6) is 0 Å². The van der Waals surface area contributed by atoms with Crippen LogP contribution >= 0.6 is 11.9 Å². The van der Waals surface area contributed by atoms with Crippen LogP contribution in [0, 0.1) is 5.82 Å². The molecule has 0 atom stereocenters. The first kappa shape index (κ1) is 18.7. The lowest BCUT2D eigenvalue weighted by Crippen LogP contribution is -2.38. The molecule has 0 bridgehead atoms. The van der Waals surface area contributed by atoms with Gasteiger partial charge in [0.05, 0.1) is 18.7 Å². The molecule has 4 aromatic rings. The number of morpholine rings is 1. The summed E-state index contributed by atoms with van der Waals surface area (Å²) in [7, 11) is 0. The number of ether oxygens (including phenoxy) is 1. The maximum atomic E-state index is 13.6. The Morgan fingerprint density at radius 3 is 2.65 bits per heavy atom. The first-order chi connectivity index (χ1) is 15.3. The lowest BCUT2D eigenvalue weighted by molar-refractivity contribution is 0.122. The predicted octanol–water partition coefficient (Wildman–Crippen LogP) is 4.61. The molecule has 156 valence electrons. The molecule has 6 nitrogen and oxygen atoms in total. The number of hydrogen-bond donors (Lipinski definition) is 1. The fourth-order valence-electron chi connectivity index (χ4n) is 4.20. The number of halogens is 1. The monoisotopic (exact) mass is 433 g/mol. The molecule has 31 heavy (non-hydrogen) atoms. The van der Waals surface area contributed by atoms with Gasteiger partial charge in [-0.2, -0.15) is 9.61 Å². The Hall–Kier alpha value is -3.10. The van der Waals surface area contributed by atoms with Gasteiger partial charge >= 0.3 is 0 Å². The topological polar surface area (TPSA) is 54.7 Å².